The highest BCUT2D eigenvalue weighted by Gasteiger charge is 2.24. The molecule has 0 radical (unpaired) electrons. The molecule has 2 aromatic carbocycles. The lowest BCUT2D eigenvalue weighted by atomic mass is 10.1. The topological polar surface area (TPSA) is 90.4 Å². The highest BCUT2D eigenvalue weighted by molar-refractivity contribution is 6.42. The number of hydrogen-bond donors (Lipinski definition) is 1. The van der Waals surface area contributed by atoms with Gasteiger partial charge in [-0.05, 0) is 115 Å². The van der Waals surface area contributed by atoms with Gasteiger partial charge in [-0.25, -0.2) is 0 Å². The fourth-order valence-electron chi connectivity index (χ4n) is 4.65. The number of Topliss-reactive ketones (excluding diaryl/α,β-unsaturated/α-hetero) is 1. The monoisotopic (exact) mass is 524 g/mol. The number of aromatic nitrogens is 2. The van der Waals surface area contributed by atoms with Crippen LogP contribution in [0, 0.1) is 6.92 Å². The van der Waals surface area contributed by atoms with E-state index in [0.29, 0.717) is 11.7 Å². The normalized spacial score (nSPS) is 15.6. The molecule has 1 aliphatic heterocycles. The van der Waals surface area contributed by atoms with Crippen molar-refractivity contribution >= 4 is 34.2 Å². The number of benzene rings is 2. The molecule has 0 atom stereocenters. The highest BCUT2D eigenvalue weighted by atomic mass is 35.5. The SMILES string of the molecule is Cc1nn(C(C)C)c2ccc(C(=O)C(N)=O)cc12.Clc1cc(CCCN2CCCC2)ccc1OC1CC1. The number of hydrogen-bond acceptors (Lipinski definition) is 5. The first-order valence-corrected chi connectivity index (χ1v) is 13.6. The van der Waals surface area contributed by atoms with Crippen LogP contribution < -0.4 is 10.5 Å². The minimum atomic E-state index is -0.941. The second kappa shape index (κ2) is 12.1. The Morgan fingerprint density at radius 1 is 1.14 bits per heavy atom. The van der Waals surface area contributed by atoms with Gasteiger partial charge in [0, 0.05) is 17.0 Å². The van der Waals surface area contributed by atoms with Gasteiger partial charge in [-0.1, -0.05) is 17.7 Å². The summed E-state index contributed by atoms with van der Waals surface area (Å²) in [5.74, 6) is -0.760. The first-order valence-electron chi connectivity index (χ1n) is 13.2. The van der Waals surface area contributed by atoms with Crippen molar-refractivity contribution in [3.63, 3.8) is 0 Å². The van der Waals surface area contributed by atoms with Crippen LogP contribution in [0.1, 0.15) is 73.6 Å². The molecule has 1 amide bonds. The molecule has 1 aromatic heterocycles. The van der Waals surface area contributed by atoms with Crippen molar-refractivity contribution in [1.82, 2.24) is 14.7 Å². The standard InChI is InChI=1S/C16H22ClNO.C13H15N3O2/c17-15-12-13(4-3-11-18-9-1-2-10-18)5-8-16(15)19-14-6-7-14;1-7(2)16-11-5-4-9(12(17)13(14)18)6-10(11)8(3)15-16/h5,8,12,14H,1-4,6-7,9-11H2;4-7H,1-3H3,(H2,14,18). The number of nitrogens with two attached hydrogens (primary N) is 1. The molecule has 1 saturated carbocycles. The third kappa shape index (κ3) is 7.11. The third-order valence-electron chi connectivity index (χ3n) is 6.82. The Hall–Kier alpha value is -2.90. The molecule has 2 N–H and O–H groups in total. The van der Waals surface area contributed by atoms with Crippen LogP contribution in [0.25, 0.3) is 10.9 Å². The van der Waals surface area contributed by atoms with Crippen LogP contribution in [0.4, 0.5) is 0 Å². The van der Waals surface area contributed by atoms with Gasteiger partial charge in [0.25, 0.3) is 5.91 Å². The summed E-state index contributed by atoms with van der Waals surface area (Å²) < 4.78 is 7.65. The van der Waals surface area contributed by atoms with E-state index in [4.69, 9.17) is 22.1 Å². The molecular weight excluding hydrogens is 488 g/mol. The van der Waals surface area contributed by atoms with Crippen molar-refractivity contribution in [3.05, 3.63) is 58.2 Å². The number of nitrogens with zero attached hydrogens (tertiary/aromatic N) is 3. The van der Waals surface area contributed by atoms with Crippen molar-refractivity contribution in [3.8, 4) is 5.75 Å². The van der Waals surface area contributed by atoms with Crippen molar-refractivity contribution in [2.24, 2.45) is 5.73 Å². The first-order chi connectivity index (χ1) is 17.7. The van der Waals surface area contributed by atoms with Gasteiger partial charge in [-0.3, -0.25) is 14.3 Å². The quantitative estimate of drug-likeness (QED) is 0.294. The number of ketones is 1. The maximum absolute atomic E-state index is 11.5. The van der Waals surface area contributed by atoms with Crippen LogP contribution in [0.15, 0.2) is 36.4 Å². The summed E-state index contributed by atoms with van der Waals surface area (Å²) in [6, 6.07) is 11.6. The van der Waals surface area contributed by atoms with Gasteiger partial charge in [0.15, 0.2) is 0 Å². The van der Waals surface area contributed by atoms with Gasteiger partial charge in [0.2, 0.25) is 5.78 Å². The Labute approximate surface area is 223 Å². The van der Waals surface area contributed by atoms with Gasteiger partial charge in [-0.2, -0.15) is 5.10 Å². The minimum Gasteiger partial charge on any atom is -0.489 e. The van der Waals surface area contributed by atoms with E-state index in [2.05, 4.69) is 22.1 Å². The largest absolute Gasteiger partial charge is 0.489 e. The lowest BCUT2D eigenvalue weighted by Gasteiger charge is -2.14. The van der Waals surface area contributed by atoms with E-state index in [1.807, 2.05) is 31.5 Å². The molecule has 2 aliphatic rings. The Kier molecular flexibility index (Phi) is 8.87. The molecule has 0 unspecified atom stereocenters. The number of halogens is 1. The van der Waals surface area contributed by atoms with Crippen molar-refractivity contribution in [1.29, 1.82) is 0 Å². The Morgan fingerprint density at radius 2 is 1.86 bits per heavy atom. The van der Waals surface area contributed by atoms with E-state index >= 15 is 0 Å². The molecule has 0 spiro atoms. The molecule has 37 heavy (non-hydrogen) atoms. The lowest BCUT2D eigenvalue weighted by Crippen LogP contribution is -2.22. The van der Waals surface area contributed by atoms with Gasteiger partial charge in [-0.15, -0.1) is 0 Å². The van der Waals surface area contributed by atoms with Crippen LogP contribution in [0.2, 0.25) is 5.02 Å². The molecule has 1 aliphatic carbocycles. The van der Waals surface area contributed by atoms with Crippen LogP contribution in [0.5, 0.6) is 5.75 Å². The summed E-state index contributed by atoms with van der Waals surface area (Å²) in [5, 5.41) is 6.06. The third-order valence-corrected chi connectivity index (χ3v) is 7.11. The van der Waals surface area contributed by atoms with Gasteiger partial charge < -0.3 is 15.4 Å². The molecular formula is C29H37ClN4O3. The predicted octanol–water partition coefficient (Wildman–Crippen LogP) is 5.50. The van der Waals surface area contributed by atoms with Crippen molar-refractivity contribution in [2.75, 3.05) is 19.6 Å². The summed E-state index contributed by atoms with van der Waals surface area (Å²) in [4.78, 5) is 25.0. The molecule has 8 heteroatoms. The molecule has 5 rings (SSSR count). The average molecular weight is 525 g/mol. The maximum Gasteiger partial charge on any atom is 0.289 e. The molecule has 198 valence electrons. The van der Waals surface area contributed by atoms with Crippen LogP contribution in [-0.4, -0.2) is 52.1 Å². The number of primary amides is 1. The summed E-state index contributed by atoms with van der Waals surface area (Å²) in [6.07, 6.45) is 7.84. The Balaban J connectivity index is 0.000000173. The molecule has 2 fully saturated rings. The number of carbonyl (C=O) groups is 2. The highest BCUT2D eigenvalue weighted by Crippen LogP contribution is 2.32. The zero-order valence-electron chi connectivity index (χ0n) is 22.0. The van der Waals surface area contributed by atoms with E-state index in [1.54, 1.807) is 18.2 Å². The van der Waals surface area contributed by atoms with Gasteiger partial charge in [0.1, 0.15) is 5.75 Å². The summed E-state index contributed by atoms with van der Waals surface area (Å²) in [5.41, 5.74) is 8.41. The van der Waals surface area contributed by atoms with Crippen LogP contribution in [-0.2, 0) is 11.2 Å². The lowest BCUT2D eigenvalue weighted by molar-refractivity contribution is -0.114. The Bertz CT molecular complexity index is 1260. The number of fused-ring (bicyclic) bond motifs is 1. The summed E-state index contributed by atoms with van der Waals surface area (Å²) >= 11 is 6.27. The number of amides is 1. The van der Waals surface area contributed by atoms with E-state index in [1.165, 1.54) is 57.3 Å². The zero-order chi connectivity index (χ0) is 26.5. The Morgan fingerprint density at radius 3 is 2.49 bits per heavy atom. The van der Waals surface area contributed by atoms with E-state index < -0.39 is 11.7 Å². The fraction of sp³-hybridized carbons (Fsp3) is 0.483. The second-order valence-electron chi connectivity index (χ2n) is 10.3. The molecule has 3 aromatic rings. The first kappa shape index (κ1) is 27.1. The van der Waals surface area contributed by atoms with Crippen LogP contribution >= 0.6 is 11.6 Å². The van der Waals surface area contributed by atoms with Gasteiger partial charge in [0.05, 0.1) is 22.3 Å². The number of rotatable bonds is 9. The smallest absolute Gasteiger partial charge is 0.289 e. The number of carbonyl (C=O) groups excluding carboxylic acids is 2. The average Bonchev–Trinajstić information content (AvgIpc) is 3.41. The van der Waals surface area contributed by atoms with Crippen LogP contribution in [0.3, 0.4) is 0 Å². The number of ether oxygens (including phenoxy) is 1. The second-order valence-corrected chi connectivity index (χ2v) is 10.7. The van der Waals surface area contributed by atoms with Crippen molar-refractivity contribution < 1.29 is 14.3 Å². The molecule has 0 bridgehead atoms. The van der Waals surface area contributed by atoms with Crippen molar-refractivity contribution in [2.45, 2.75) is 71.4 Å². The molecule has 1 saturated heterocycles. The fourth-order valence-corrected chi connectivity index (χ4v) is 4.89. The predicted molar refractivity (Wildman–Crippen MR) is 147 cm³/mol. The number of aryl methyl sites for hydroxylation is 2. The minimum absolute atomic E-state index is 0.235. The number of likely N-dealkylation sites (tertiary alicyclic amines) is 1. The summed E-state index contributed by atoms with van der Waals surface area (Å²) in [6.45, 7) is 9.74. The zero-order valence-corrected chi connectivity index (χ0v) is 22.8. The van der Waals surface area contributed by atoms with E-state index in [9.17, 15) is 9.59 Å². The maximum atomic E-state index is 11.5. The molecule has 2 heterocycles. The molecule has 7 nitrogen and oxygen atoms in total. The van der Waals surface area contributed by atoms with E-state index in [-0.39, 0.29) is 6.04 Å². The summed E-state index contributed by atoms with van der Waals surface area (Å²) in [7, 11) is 0. The van der Waals surface area contributed by atoms with E-state index in [0.717, 1.165) is 33.8 Å². The van der Waals surface area contributed by atoms with Gasteiger partial charge >= 0.3 is 0 Å².